The summed E-state index contributed by atoms with van der Waals surface area (Å²) in [5.41, 5.74) is 4.39. The van der Waals surface area contributed by atoms with E-state index < -0.39 is 12.2 Å². The summed E-state index contributed by atoms with van der Waals surface area (Å²) in [6.45, 7) is 10.7. The number of hydrogen-bond acceptors (Lipinski definition) is 8. The molecule has 4 amide bonds. The highest BCUT2D eigenvalue weighted by Gasteiger charge is 2.51. The van der Waals surface area contributed by atoms with Crippen molar-refractivity contribution in [1.29, 1.82) is 0 Å². The van der Waals surface area contributed by atoms with Gasteiger partial charge in [-0.1, -0.05) is 66.7 Å². The van der Waals surface area contributed by atoms with Crippen LogP contribution in [-0.4, -0.2) is 115 Å². The fourth-order valence-electron chi connectivity index (χ4n) is 9.27. The molecule has 0 spiro atoms. The highest BCUT2D eigenvalue weighted by molar-refractivity contribution is 5.98. The number of carbonyl (C=O) groups excluding carboxylic acids is 4. The van der Waals surface area contributed by atoms with Crippen LogP contribution in [0, 0.1) is 0 Å². The van der Waals surface area contributed by atoms with Crippen molar-refractivity contribution in [3.05, 3.63) is 126 Å². The molecule has 61 heavy (non-hydrogen) atoms. The first-order valence-corrected chi connectivity index (χ1v) is 21.3. The van der Waals surface area contributed by atoms with E-state index >= 15 is 0 Å². The normalized spacial score (nSPS) is 19.2. The lowest BCUT2D eigenvalue weighted by atomic mass is 9.97. The Morgan fingerprint density at radius 3 is 2.43 bits per heavy atom. The maximum atomic E-state index is 14.8. The molecule has 2 atom stereocenters. The van der Waals surface area contributed by atoms with E-state index in [0.717, 1.165) is 59.1 Å². The number of benzene rings is 3. The van der Waals surface area contributed by atoms with E-state index in [9.17, 15) is 24.3 Å². The summed E-state index contributed by atoms with van der Waals surface area (Å²) in [5.74, 6) is 0.0758. The summed E-state index contributed by atoms with van der Waals surface area (Å²) in [6, 6.07) is 25.6. The zero-order valence-corrected chi connectivity index (χ0v) is 35.2. The van der Waals surface area contributed by atoms with Gasteiger partial charge < -0.3 is 34.1 Å². The zero-order valence-electron chi connectivity index (χ0n) is 35.2. The molecule has 3 fully saturated rings. The van der Waals surface area contributed by atoms with Gasteiger partial charge in [-0.15, -0.1) is 6.58 Å². The van der Waals surface area contributed by atoms with E-state index in [4.69, 9.17) is 4.42 Å². The highest BCUT2D eigenvalue weighted by atomic mass is 16.4. The lowest BCUT2D eigenvalue weighted by molar-refractivity contribution is -0.205. The van der Waals surface area contributed by atoms with Crippen LogP contribution in [0.15, 0.2) is 108 Å². The van der Waals surface area contributed by atoms with Crippen LogP contribution in [0.3, 0.4) is 0 Å². The number of phenolic OH excluding ortho intramolecular Hbond substituents is 1. The molecule has 13 heteroatoms. The molecular formula is C48H55N7O6. The number of aromatic hydroxyl groups is 1. The molecule has 3 aliphatic rings. The maximum Gasteiger partial charge on any atom is 0.287 e. The van der Waals surface area contributed by atoms with Gasteiger partial charge in [0.25, 0.3) is 5.91 Å². The van der Waals surface area contributed by atoms with Gasteiger partial charge in [0, 0.05) is 75.3 Å². The predicted molar refractivity (Wildman–Crippen MR) is 233 cm³/mol. The third-order valence-corrected chi connectivity index (χ3v) is 12.4. The number of para-hydroxylation sites is 1. The number of likely N-dealkylation sites (tertiary alicyclic amines) is 1. The molecule has 3 saturated heterocycles. The summed E-state index contributed by atoms with van der Waals surface area (Å²) >= 11 is 0. The zero-order chi connectivity index (χ0) is 42.8. The number of rotatable bonds is 13. The third kappa shape index (κ3) is 8.71. The molecule has 2 aromatic heterocycles. The van der Waals surface area contributed by atoms with Gasteiger partial charge in [0.15, 0.2) is 5.76 Å². The topological polar surface area (TPSA) is 135 Å². The standard InChI is InChI=1S/C48H55N7O6/c1-5-24-53-31-45(58)54-40(27-34-14-17-37(56)18-15-34)48(60)52(30-43(54)55(53)44(57)21-16-33-10-7-6-8-11-33)28-35-12-9-13-38-39(29-50(4)46(35)38)41-19-20-42(61-41)47(59)49-36-22-25-51(26-23-36)32(2)3/h5-15,17-20,29,32,36,40,43,56H,1,16,21-28,30-31H2,2-4H3,(H,49,59)/t40-,43-/m0/s1. The van der Waals surface area contributed by atoms with Crippen LogP contribution < -0.4 is 5.32 Å². The average molecular weight is 826 g/mol. The van der Waals surface area contributed by atoms with Gasteiger partial charge in [-0.05, 0) is 74.1 Å². The van der Waals surface area contributed by atoms with E-state index in [1.54, 1.807) is 56.2 Å². The summed E-state index contributed by atoms with van der Waals surface area (Å²) < 4.78 is 8.23. The molecular weight excluding hydrogens is 771 g/mol. The summed E-state index contributed by atoms with van der Waals surface area (Å²) in [4.78, 5) is 62.4. The number of hydrogen-bond donors (Lipinski definition) is 2. The Kier molecular flexibility index (Phi) is 12.1. The quantitative estimate of drug-likeness (QED) is 0.144. The summed E-state index contributed by atoms with van der Waals surface area (Å²) in [7, 11) is 1.95. The average Bonchev–Trinajstić information content (AvgIpc) is 3.88. The molecule has 318 valence electrons. The predicted octanol–water partition coefficient (Wildman–Crippen LogP) is 5.73. The molecule has 0 bridgehead atoms. The lowest BCUT2D eigenvalue weighted by Crippen LogP contribution is -2.75. The third-order valence-electron chi connectivity index (χ3n) is 12.4. The van der Waals surface area contributed by atoms with Gasteiger partial charge in [-0.25, -0.2) is 10.0 Å². The first-order valence-electron chi connectivity index (χ1n) is 21.3. The molecule has 5 heterocycles. The van der Waals surface area contributed by atoms with Crippen LogP contribution >= 0.6 is 0 Å². The molecule has 8 rings (SSSR count). The summed E-state index contributed by atoms with van der Waals surface area (Å²) in [5, 5.41) is 17.5. The van der Waals surface area contributed by atoms with Crippen molar-refractivity contribution >= 4 is 34.5 Å². The number of fused-ring (bicyclic) bond motifs is 2. The monoisotopic (exact) mass is 825 g/mol. The maximum absolute atomic E-state index is 14.8. The minimum Gasteiger partial charge on any atom is -0.508 e. The molecule has 0 radical (unpaired) electrons. The molecule has 2 N–H and O–H groups in total. The number of amides is 4. The molecule has 0 saturated carbocycles. The number of hydrazine groups is 1. The Bertz CT molecular complexity index is 2400. The van der Waals surface area contributed by atoms with E-state index in [2.05, 4.69) is 30.6 Å². The number of carbonyl (C=O) groups is 4. The van der Waals surface area contributed by atoms with E-state index in [1.807, 2.05) is 72.4 Å². The highest BCUT2D eigenvalue weighted by Crippen LogP contribution is 2.36. The second kappa shape index (κ2) is 17.8. The number of nitrogens with zero attached hydrogens (tertiary/aromatic N) is 6. The van der Waals surface area contributed by atoms with E-state index in [0.29, 0.717) is 18.2 Å². The second-order valence-corrected chi connectivity index (χ2v) is 16.8. The molecule has 13 nitrogen and oxygen atoms in total. The first-order chi connectivity index (χ1) is 29.5. The van der Waals surface area contributed by atoms with Crippen molar-refractivity contribution in [2.24, 2.45) is 7.05 Å². The van der Waals surface area contributed by atoms with Crippen molar-refractivity contribution in [1.82, 2.24) is 34.6 Å². The first kappa shape index (κ1) is 41.5. The van der Waals surface area contributed by atoms with E-state index in [-0.39, 0.29) is 80.2 Å². The van der Waals surface area contributed by atoms with Crippen LogP contribution in [0.5, 0.6) is 5.75 Å². The van der Waals surface area contributed by atoms with Crippen LogP contribution in [0.4, 0.5) is 0 Å². The second-order valence-electron chi connectivity index (χ2n) is 16.8. The van der Waals surface area contributed by atoms with Crippen molar-refractivity contribution in [3.8, 4) is 17.1 Å². The number of piperidine rings is 1. The van der Waals surface area contributed by atoms with Crippen LogP contribution in [0.2, 0.25) is 0 Å². The number of furan rings is 1. The van der Waals surface area contributed by atoms with Gasteiger partial charge in [-0.3, -0.25) is 19.2 Å². The van der Waals surface area contributed by atoms with Crippen LogP contribution in [0.25, 0.3) is 22.2 Å². The minimum absolute atomic E-state index is 0.0713. The number of aryl methyl sites for hydroxylation is 2. The van der Waals surface area contributed by atoms with Gasteiger partial charge in [0.1, 0.15) is 23.7 Å². The smallest absolute Gasteiger partial charge is 0.287 e. The number of phenols is 1. The molecule has 3 aromatic carbocycles. The number of piperazine rings is 1. The van der Waals surface area contributed by atoms with Crippen molar-refractivity contribution in [2.45, 2.75) is 76.8 Å². The lowest BCUT2D eigenvalue weighted by Gasteiger charge is -2.55. The van der Waals surface area contributed by atoms with Crippen molar-refractivity contribution in [3.63, 3.8) is 0 Å². The SMILES string of the molecule is C=CCN1CC(=O)N2[C@@H](Cc3ccc(O)cc3)C(=O)N(Cc3cccc4c(-c5ccc(C(=O)NC6CCN(C(C)C)CC6)o5)cn(C)c34)C[C@@H]2N1C(=O)CCc1ccccc1. The van der Waals surface area contributed by atoms with Gasteiger partial charge in [0.05, 0.1) is 18.6 Å². The van der Waals surface area contributed by atoms with Gasteiger partial charge >= 0.3 is 0 Å². The Balaban J connectivity index is 1.08. The Morgan fingerprint density at radius 1 is 0.951 bits per heavy atom. The summed E-state index contributed by atoms with van der Waals surface area (Å²) in [6.07, 6.45) is 5.62. The molecule has 5 aromatic rings. The fourth-order valence-corrected chi connectivity index (χ4v) is 9.27. The number of aromatic nitrogens is 1. The Morgan fingerprint density at radius 2 is 1.70 bits per heavy atom. The largest absolute Gasteiger partial charge is 0.508 e. The Labute approximate surface area is 356 Å². The Hall–Kier alpha value is -6.18. The molecule has 3 aliphatic heterocycles. The number of nitrogens with one attached hydrogen (secondary N) is 1. The van der Waals surface area contributed by atoms with E-state index in [1.165, 1.54) is 0 Å². The fraction of sp³-hybridized carbons (Fsp3) is 0.375. The molecule has 0 unspecified atom stereocenters. The van der Waals surface area contributed by atoms with Crippen molar-refractivity contribution in [2.75, 3.05) is 32.7 Å². The van der Waals surface area contributed by atoms with Gasteiger partial charge in [-0.2, -0.15) is 0 Å². The van der Waals surface area contributed by atoms with Crippen LogP contribution in [-0.2, 0) is 40.8 Å². The van der Waals surface area contributed by atoms with Gasteiger partial charge in [0.2, 0.25) is 17.7 Å². The molecule has 0 aliphatic carbocycles. The van der Waals surface area contributed by atoms with Crippen molar-refractivity contribution < 1.29 is 28.7 Å². The van der Waals surface area contributed by atoms with Crippen LogP contribution in [0.1, 0.15) is 60.4 Å². The minimum atomic E-state index is -0.898.